The van der Waals surface area contributed by atoms with Gasteiger partial charge in [0.1, 0.15) is 0 Å². The lowest BCUT2D eigenvalue weighted by Crippen LogP contribution is -1.98. The highest BCUT2D eigenvalue weighted by molar-refractivity contribution is 5.82. The zero-order valence-corrected chi connectivity index (χ0v) is 11.5. The fourth-order valence-electron chi connectivity index (χ4n) is 1.85. The molecule has 1 aliphatic rings. The summed E-state index contributed by atoms with van der Waals surface area (Å²) >= 11 is 0. The van der Waals surface area contributed by atoms with Gasteiger partial charge in [0.05, 0.1) is 6.61 Å². The van der Waals surface area contributed by atoms with Gasteiger partial charge in [-0.25, -0.2) is 4.79 Å². The minimum Gasteiger partial charge on any atom is -0.463 e. The van der Waals surface area contributed by atoms with E-state index in [1.807, 2.05) is 30.4 Å². The third-order valence-electron chi connectivity index (χ3n) is 2.80. The summed E-state index contributed by atoms with van der Waals surface area (Å²) < 4.78 is 15.4. The minimum absolute atomic E-state index is 0.303. The van der Waals surface area contributed by atoms with E-state index in [-0.39, 0.29) is 5.97 Å². The van der Waals surface area contributed by atoms with Crippen LogP contribution in [0.15, 0.2) is 42.5 Å². The van der Waals surface area contributed by atoms with Gasteiger partial charge in [-0.3, -0.25) is 0 Å². The number of ether oxygens (including phenoxy) is 3. The van der Waals surface area contributed by atoms with Gasteiger partial charge in [0.25, 0.3) is 0 Å². The van der Waals surface area contributed by atoms with E-state index >= 15 is 0 Å². The monoisotopic (exact) mass is 274 g/mol. The second-order valence-corrected chi connectivity index (χ2v) is 4.27. The molecular weight excluding hydrogens is 256 g/mol. The molecule has 0 aliphatic carbocycles. The molecule has 1 aromatic rings. The van der Waals surface area contributed by atoms with E-state index in [2.05, 4.69) is 0 Å². The van der Waals surface area contributed by atoms with Gasteiger partial charge in [-0.2, -0.15) is 0 Å². The van der Waals surface area contributed by atoms with Crippen LogP contribution in [0.1, 0.15) is 18.9 Å². The molecule has 0 amide bonds. The molecule has 0 aromatic heterocycles. The van der Waals surface area contributed by atoms with E-state index in [9.17, 15) is 4.79 Å². The number of benzene rings is 1. The van der Waals surface area contributed by atoms with Gasteiger partial charge in [0.2, 0.25) is 6.79 Å². The molecule has 0 bridgehead atoms. The summed E-state index contributed by atoms with van der Waals surface area (Å²) in [6.45, 7) is 2.49. The Hall–Kier alpha value is -2.23. The average Bonchev–Trinajstić information content (AvgIpc) is 2.90. The molecule has 0 radical (unpaired) electrons. The van der Waals surface area contributed by atoms with Crippen LogP contribution < -0.4 is 9.47 Å². The molecule has 4 heteroatoms. The smallest absolute Gasteiger partial charge is 0.330 e. The Bertz CT molecular complexity index is 517. The maximum Gasteiger partial charge on any atom is 0.330 e. The van der Waals surface area contributed by atoms with E-state index in [0.717, 1.165) is 24.3 Å². The number of rotatable bonds is 6. The molecule has 0 saturated carbocycles. The van der Waals surface area contributed by atoms with Gasteiger partial charge >= 0.3 is 5.97 Å². The molecule has 0 fully saturated rings. The Morgan fingerprint density at radius 2 is 2.15 bits per heavy atom. The first-order valence-electron chi connectivity index (χ1n) is 6.68. The van der Waals surface area contributed by atoms with Crippen molar-refractivity contribution in [2.45, 2.75) is 19.8 Å². The fraction of sp³-hybridized carbons (Fsp3) is 0.312. The molecule has 0 spiro atoms. The van der Waals surface area contributed by atoms with Crippen LogP contribution in [0.2, 0.25) is 0 Å². The van der Waals surface area contributed by atoms with Crippen molar-refractivity contribution in [2.24, 2.45) is 0 Å². The lowest BCUT2D eigenvalue weighted by atomic mass is 10.1. The van der Waals surface area contributed by atoms with Crippen LogP contribution in [0.5, 0.6) is 11.5 Å². The Kier molecular flexibility index (Phi) is 5.24. The first-order chi connectivity index (χ1) is 9.79. The largest absolute Gasteiger partial charge is 0.463 e. The lowest BCUT2D eigenvalue weighted by molar-refractivity contribution is -0.137. The normalized spacial score (nSPS) is 13.2. The Balaban J connectivity index is 1.74. The molecular formula is C16H18O4. The van der Waals surface area contributed by atoms with Gasteiger partial charge in [0, 0.05) is 6.08 Å². The van der Waals surface area contributed by atoms with Crippen molar-refractivity contribution >= 4 is 5.97 Å². The van der Waals surface area contributed by atoms with E-state index in [1.165, 1.54) is 11.6 Å². The predicted molar refractivity (Wildman–Crippen MR) is 75.8 cm³/mol. The summed E-state index contributed by atoms with van der Waals surface area (Å²) in [7, 11) is 0. The van der Waals surface area contributed by atoms with Crippen LogP contribution in [-0.2, 0) is 16.0 Å². The summed E-state index contributed by atoms with van der Waals surface area (Å²) in [5, 5.41) is 0. The second-order valence-electron chi connectivity index (χ2n) is 4.27. The van der Waals surface area contributed by atoms with Crippen molar-refractivity contribution in [3.63, 3.8) is 0 Å². The van der Waals surface area contributed by atoms with Crippen LogP contribution in [0.25, 0.3) is 0 Å². The highest BCUT2D eigenvalue weighted by Crippen LogP contribution is 2.32. The van der Waals surface area contributed by atoms with Crippen molar-refractivity contribution in [3.8, 4) is 11.5 Å². The quantitative estimate of drug-likeness (QED) is 0.454. The third-order valence-corrected chi connectivity index (χ3v) is 2.80. The van der Waals surface area contributed by atoms with Gasteiger partial charge in [-0.05, 0) is 37.5 Å². The van der Waals surface area contributed by atoms with E-state index in [0.29, 0.717) is 13.4 Å². The first-order valence-corrected chi connectivity index (χ1v) is 6.68. The van der Waals surface area contributed by atoms with Crippen molar-refractivity contribution in [1.82, 2.24) is 0 Å². The Morgan fingerprint density at radius 3 is 3.00 bits per heavy atom. The third kappa shape index (κ3) is 4.16. The summed E-state index contributed by atoms with van der Waals surface area (Å²) in [5.74, 6) is 1.31. The molecule has 0 unspecified atom stereocenters. The number of hydrogen-bond donors (Lipinski definition) is 0. The highest BCUT2D eigenvalue weighted by atomic mass is 16.7. The van der Waals surface area contributed by atoms with Gasteiger partial charge in [0.15, 0.2) is 11.5 Å². The number of allylic oxidation sites excluding steroid dienone is 3. The van der Waals surface area contributed by atoms with E-state index in [4.69, 9.17) is 14.2 Å². The van der Waals surface area contributed by atoms with Gasteiger partial charge in [-0.1, -0.05) is 24.3 Å². The van der Waals surface area contributed by atoms with Gasteiger partial charge < -0.3 is 14.2 Å². The van der Waals surface area contributed by atoms with Crippen molar-refractivity contribution < 1.29 is 19.0 Å². The number of aryl methyl sites for hydroxylation is 1. The molecule has 106 valence electrons. The van der Waals surface area contributed by atoms with Crippen LogP contribution in [0, 0.1) is 0 Å². The van der Waals surface area contributed by atoms with Crippen LogP contribution in [-0.4, -0.2) is 19.4 Å². The fourth-order valence-corrected chi connectivity index (χ4v) is 1.85. The van der Waals surface area contributed by atoms with Crippen LogP contribution in [0.4, 0.5) is 0 Å². The maximum atomic E-state index is 11.0. The molecule has 4 nitrogen and oxygen atoms in total. The number of hydrogen-bond acceptors (Lipinski definition) is 4. The molecule has 1 aromatic carbocycles. The summed E-state index contributed by atoms with van der Waals surface area (Å²) in [5.41, 5.74) is 1.20. The van der Waals surface area contributed by atoms with Crippen molar-refractivity contribution in [3.05, 3.63) is 48.1 Å². The molecule has 20 heavy (non-hydrogen) atoms. The molecule has 1 heterocycles. The number of esters is 1. The second kappa shape index (κ2) is 7.38. The Morgan fingerprint density at radius 1 is 1.30 bits per heavy atom. The summed E-state index contributed by atoms with van der Waals surface area (Å²) in [4.78, 5) is 11.0. The zero-order chi connectivity index (χ0) is 14.2. The maximum absolute atomic E-state index is 11.0. The zero-order valence-electron chi connectivity index (χ0n) is 11.5. The number of carbonyl (C=O) groups is 1. The standard InChI is InChI=1S/C16H18O4/c1-2-18-16(17)8-6-4-3-5-7-13-9-10-14-15(11-13)20-12-19-14/h3-4,6,8-11H,2,5,7,12H2,1H3/b4-3+,8-6+. The molecule has 0 saturated heterocycles. The molecule has 1 aliphatic heterocycles. The molecule has 0 N–H and O–H groups in total. The SMILES string of the molecule is CCOC(=O)/C=C/C=C/CCc1ccc2c(c1)OCO2. The summed E-state index contributed by atoms with van der Waals surface area (Å²) in [6, 6.07) is 5.97. The predicted octanol–water partition coefficient (Wildman–Crippen LogP) is 3.02. The minimum atomic E-state index is -0.312. The number of carbonyl (C=O) groups excluding carboxylic acids is 1. The highest BCUT2D eigenvalue weighted by Gasteiger charge is 2.12. The topological polar surface area (TPSA) is 44.8 Å². The van der Waals surface area contributed by atoms with E-state index < -0.39 is 0 Å². The first kappa shape index (κ1) is 14.2. The van der Waals surface area contributed by atoms with Gasteiger partial charge in [-0.15, -0.1) is 0 Å². The van der Waals surface area contributed by atoms with E-state index in [1.54, 1.807) is 13.0 Å². The number of fused-ring (bicyclic) bond motifs is 1. The van der Waals surface area contributed by atoms with Crippen LogP contribution in [0.3, 0.4) is 0 Å². The average molecular weight is 274 g/mol. The van der Waals surface area contributed by atoms with Crippen molar-refractivity contribution in [1.29, 1.82) is 0 Å². The molecule has 2 rings (SSSR count). The Labute approximate surface area is 118 Å². The van der Waals surface area contributed by atoms with Crippen LogP contribution >= 0.6 is 0 Å². The molecule has 0 atom stereocenters. The van der Waals surface area contributed by atoms with Crippen molar-refractivity contribution in [2.75, 3.05) is 13.4 Å². The summed E-state index contributed by atoms with van der Waals surface area (Å²) in [6.07, 6.45) is 8.79. The lowest BCUT2D eigenvalue weighted by Gasteiger charge is -2.00.